The average molecular weight is 559 g/mol. The minimum absolute atomic E-state index is 0.0963. The fourth-order valence-corrected chi connectivity index (χ4v) is 5.39. The first kappa shape index (κ1) is 25.0. The Hall–Kier alpha value is -4.28. The van der Waals surface area contributed by atoms with Crippen LogP contribution in [0.5, 0.6) is 5.75 Å². The summed E-state index contributed by atoms with van der Waals surface area (Å²) >= 11 is 7.41. The van der Waals surface area contributed by atoms with E-state index in [1.165, 1.54) is 11.8 Å². The number of rotatable bonds is 7. The summed E-state index contributed by atoms with van der Waals surface area (Å²) in [5.74, 6) is 1.05. The second kappa shape index (κ2) is 10.1. The lowest BCUT2D eigenvalue weighted by Crippen LogP contribution is -2.15. The van der Waals surface area contributed by atoms with Gasteiger partial charge in [0.15, 0.2) is 11.0 Å². The van der Waals surface area contributed by atoms with E-state index < -0.39 is 0 Å². The number of hydrogen-bond donors (Lipinski definition) is 1. The van der Waals surface area contributed by atoms with E-state index in [-0.39, 0.29) is 11.7 Å². The predicted octanol–water partition coefficient (Wildman–Crippen LogP) is 6.27. The van der Waals surface area contributed by atoms with Gasteiger partial charge in [-0.1, -0.05) is 41.6 Å². The van der Waals surface area contributed by atoms with Gasteiger partial charge >= 0.3 is 0 Å². The Balaban J connectivity index is 1.28. The van der Waals surface area contributed by atoms with Crippen molar-refractivity contribution in [3.05, 3.63) is 77.6 Å². The second-order valence-electron chi connectivity index (χ2n) is 8.90. The number of halogens is 1. The Morgan fingerprint density at radius 2 is 1.87 bits per heavy atom. The quantitative estimate of drug-likeness (QED) is 0.230. The summed E-state index contributed by atoms with van der Waals surface area (Å²) in [6.07, 6.45) is 1.90. The van der Waals surface area contributed by atoms with Crippen LogP contribution >= 0.6 is 23.4 Å². The number of para-hydroxylation sites is 1. The smallest absolute Gasteiger partial charge is 0.234 e. The maximum Gasteiger partial charge on any atom is 0.234 e. The molecule has 0 saturated heterocycles. The standard InChI is InChI=1S/C28H23ClN6O3S/c1-16-21(14-34(2)33-16)27-31-32-28(35(27)18-10-8-17(29)9-11-18)39-15-26(36)30-22-13-24-20(12-25(22)37-3)19-6-4-5-7-23(19)38-24/h4-14H,15H2,1-3H3,(H,30,36). The van der Waals surface area contributed by atoms with Gasteiger partial charge in [-0.2, -0.15) is 5.10 Å². The molecule has 0 fully saturated rings. The number of carbonyl (C=O) groups is 1. The molecule has 0 unspecified atom stereocenters. The summed E-state index contributed by atoms with van der Waals surface area (Å²) in [5, 5.41) is 19.3. The minimum Gasteiger partial charge on any atom is -0.495 e. The molecule has 9 nitrogen and oxygen atoms in total. The number of furan rings is 1. The number of anilines is 1. The molecule has 3 aromatic carbocycles. The number of fused-ring (bicyclic) bond motifs is 3. The summed E-state index contributed by atoms with van der Waals surface area (Å²) in [6.45, 7) is 1.92. The van der Waals surface area contributed by atoms with Gasteiger partial charge in [0.2, 0.25) is 5.91 Å². The zero-order chi connectivity index (χ0) is 27.1. The Kier molecular flexibility index (Phi) is 6.49. The SMILES string of the molecule is COc1cc2c(cc1NC(=O)CSc1nnc(-c3cn(C)nc3C)n1-c1ccc(Cl)cc1)oc1ccccc12. The van der Waals surface area contributed by atoms with Gasteiger partial charge in [-0.15, -0.1) is 10.2 Å². The first-order valence-electron chi connectivity index (χ1n) is 12.0. The highest BCUT2D eigenvalue weighted by Crippen LogP contribution is 2.37. The molecule has 39 heavy (non-hydrogen) atoms. The third-order valence-electron chi connectivity index (χ3n) is 6.28. The fraction of sp³-hybridized carbons (Fsp3) is 0.143. The summed E-state index contributed by atoms with van der Waals surface area (Å²) in [6, 6.07) is 18.8. The number of hydrogen-bond acceptors (Lipinski definition) is 7. The largest absolute Gasteiger partial charge is 0.495 e. The highest BCUT2D eigenvalue weighted by Gasteiger charge is 2.21. The lowest BCUT2D eigenvalue weighted by molar-refractivity contribution is -0.113. The molecule has 1 amide bonds. The number of aryl methyl sites for hydroxylation is 2. The van der Waals surface area contributed by atoms with Crippen LogP contribution in [0.2, 0.25) is 5.02 Å². The number of amides is 1. The number of aromatic nitrogens is 5. The molecule has 6 aromatic rings. The highest BCUT2D eigenvalue weighted by molar-refractivity contribution is 7.99. The van der Waals surface area contributed by atoms with Crippen LogP contribution in [0.1, 0.15) is 5.69 Å². The van der Waals surface area contributed by atoms with Crippen LogP contribution in [-0.2, 0) is 11.8 Å². The van der Waals surface area contributed by atoms with E-state index in [1.807, 2.05) is 67.2 Å². The van der Waals surface area contributed by atoms with E-state index in [4.69, 9.17) is 20.8 Å². The molecule has 0 aliphatic heterocycles. The van der Waals surface area contributed by atoms with Crippen molar-refractivity contribution in [2.24, 2.45) is 7.05 Å². The number of ether oxygens (including phenoxy) is 1. The van der Waals surface area contributed by atoms with Gasteiger partial charge in [-0.3, -0.25) is 14.0 Å². The molecule has 3 heterocycles. The summed E-state index contributed by atoms with van der Waals surface area (Å²) < 4.78 is 15.2. The zero-order valence-corrected chi connectivity index (χ0v) is 22.9. The molecule has 1 N–H and O–H groups in total. The van der Waals surface area contributed by atoms with Gasteiger partial charge in [-0.25, -0.2) is 0 Å². The predicted molar refractivity (Wildman–Crippen MR) is 153 cm³/mol. The fourth-order valence-electron chi connectivity index (χ4n) is 4.51. The highest BCUT2D eigenvalue weighted by atomic mass is 35.5. The van der Waals surface area contributed by atoms with Gasteiger partial charge in [-0.05, 0) is 43.3 Å². The summed E-state index contributed by atoms with van der Waals surface area (Å²) in [7, 11) is 3.43. The minimum atomic E-state index is -0.224. The van der Waals surface area contributed by atoms with Crippen LogP contribution in [0, 0.1) is 6.92 Å². The van der Waals surface area contributed by atoms with Crippen LogP contribution in [0.25, 0.3) is 39.0 Å². The molecule has 0 atom stereocenters. The van der Waals surface area contributed by atoms with Crippen molar-refractivity contribution in [2.45, 2.75) is 12.1 Å². The first-order chi connectivity index (χ1) is 18.9. The third kappa shape index (κ3) is 4.73. The number of methoxy groups -OCH3 is 1. The Labute approximate surface area is 232 Å². The van der Waals surface area contributed by atoms with Crippen LogP contribution in [-0.4, -0.2) is 43.3 Å². The maximum absolute atomic E-state index is 13.1. The Morgan fingerprint density at radius 1 is 1.08 bits per heavy atom. The average Bonchev–Trinajstić information content (AvgIpc) is 3.61. The van der Waals surface area contributed by atoms with Crippen molar-refractivity contribution < 1.29 is 13.9 Å². The zero-order valence-electron chi connectivity index (χ0n) is 21.3. The molecule has 6 rings (SSSR count). The maximum atomic E-state index is 13.1. The number of benzene rings is 3. The molecular weight excluding hydrogens is 536 g/mol. The summed E-state index contributed by atoms with van der Waals surface area (Å²) in [5.41, 5.74) is 4.46. The number of thioether (sulfide) groups is 1. The number of carbonyl (C=O) groups excluding carboxylic acids is 1. The second-order valence-corrected chi connectivity index (χ2v) is 10.3. The first-order valence-corrected chi connectivity index (χ1v) is 13.4. The molecule has 11 heteroatoms. The third-order valence-corrected chi connectivity index (χ3v) is 7.46. The van der Waals surface area contributed by atoms with E-state index in [0.29, 0.717) is 33.0 Å². The van der Waals surface area contributed by atoms with Gasteiger partial charge in [0.25, 0.3) is 0 Å². The number of nitrogens with zero attached hydrogens (tertiary/aromatic N) is 5. The van der Waals surface area contributed by atoms with E-state index >= 15 is 0 Å². The van der Waals surface area contributed by atoms with Crippen molar-refractivity contribution in [1.29, 1.82) is 0 Å². The molecule has 0 aliphatic carbocycles. The van der Waals surface area contributed by atoms with Crippen molar-refractivity contribution >= 4 is 56.9 Å². The van der Waals surface area contributed by atoms with E-state index in [2.05, 4.69) is 20.6 Å². The molecule has 0 aliphatic rings. The molecule has 3 aromatic heterocycles. The summed E-state index contributed by atoms with van der Waals surface area (Å²) in [4.78, 5) is 13.1. The van der Waals surface area contributed by atoms with Crippen LogP contribution in [0.3, 0.4) is 0 Å². The molecule has 196 valence electrons. The van der Waals surface area contributed by atoms with E-state index in [9.17, 15) is 4.79 Å². The normalized spacial score (nSPS) is 11.4. The van der Waals surface area contributed by atoms with Gasteiger partial charge in [0, 0.05) is 40.8 Å². The van der Waals surface area contributed by atoms with Crippen molar-refractivity contribution in [2.75, 3.05) is 18.2 Å². The lowest BCUT2D eigenvalue weighted by Gasteiger charge is -2.12. The molecular formula is C28H23ClN6O3S. The topological polar surface area (TPSA) is 100 Å². The van der Waals surface area contributed by atoms with E-state index in [0.717, 1.165) is 33.3 Å². The Morgan fingerprint density at radius 3 is 2.62 bits per heavy atom. The molecule has 0 radical (unpaired) electrons. The van der Waals surface area contributed by atoms with Crippen molar-refractivity contribution in [1.82, 2.24) is 24.5 Å². The Bertz CT molecular complexity index is 1840. The van der Waals surface area contributed by atoms with Crippen LogP contribution in [0.15, 0.2) is 76.4 Å². The van der Waals surface area contributed by atoms with Crippen LogP contribution < -0.4 is 10.1 Å². The number of nitrogens with one attached hydrogen (secondary N) is 1. The monoisotopic (exact) mass is 558 g/mol. The van der Waals surface area contributed by atoms with Crippen molar-refractivity contribution in [3.63, 3.8) is 0 Å². The van der Waals surface area contributed by atoms with Gasteiger partial charge in [0.1, 0.15) is 16.9 Å². The molecule has 0 spiro atoms. The molecule has 0 bridgehead atoms. The van der Waals surface area contributed by atoms with E-state index in [1.54, 1.807) is 30.0 Å². The van der Waals surface area contributed by atoms with Crippen LogP contribution in [0.4, 0.5) is 5.69 Å². The van der Waals surface area contributed by atoms with Gasteiger partial charge < -0.3 is 14.5 Å². The van der Waals surface area contributed by atoms with Gasteiger partial charge in [0.05, 0.1) is 29.8 Å². The lowest BCUT2D eigenvalue weighted by atomic mass is 10.1. The van der Waals surface area contributed by atoms with Crippen molar-refractivity contribution in [3.8, 4) is 22.8 Å². The molecule has 0 saturated carbocycles.